The molecular weight excluding hydrogens is 317 g/mol. The van der Waals surface area contributed by atoms with E-state index in [0.717, 1.165) is 4.88 Å². The second kappa shape index (κ2) is 5.73. The van der Waals surface area contributed by atoms with Crippen LogP contribution in [0.3, 0.4) is 0 Å². The molecule has 1 aromatic carbocycles. The van der Waals surface area contributed by atoms with Crippen LogP contribution in [0.2, 0.25) is 0 Å². The van der Waals surface area contributed by atoms with Crippen LogP contribution in [0.5, 0.6) is 0 Å². The lowest BCUT2D eigenvalue weighted by Crippen LogP contribution is -2.04. The van der Waals surface area contributed by atoms with Gasteiger partial charge < -0.3 is 4.52 Å². The van der Waals surface area contributed by atoms with Crippen LogP contribution in [-0.2, 0) is 6.54 Å². The Bertz CT molecular complexity index is 914. The maximum Gasteiger partial charge on any atom is 0.204 e. The first-order chi connectivity index (χ1) is 11.3. The van der Waals surface area contributed by atoms with Gasteiger partial charge in [0, 0.05) is 11.6 Å². The van der Waals surface area contributed by atoms with Crippen molar-refractivity contribution >= 4 is 11.3 Å². The summed E-state index contributed by atoms with van der Waals surface area (Å²) in [6.07, 6.45) is 0. The number of hydrogen-bond acceptors (Lipinski definition) is 6. The highest BCUT2D eigenvalue weighted by Crippen LogP contribution is 2.25. The molecule has 0 saturated carbocycles. The molecule has 0 aliphatic carbocycles. The molecule has 0 aliphatic rings. The summed E-state index contributed by atoms with van der Waals surface area (Å²) in [5.41, 5.74) is 1.41. The summed E-state index contributed by atoms with van der Waals surface area (Å²) in [5, 5.41) is 18.2. The molecule has 0 spiro atoms. The molecule has 0 amide bonds. The summed E-state index contributed by atoms with van der Waals surface area (Å²) in [4.78, 5) is 2.44. The highest BCUT2D eigenvalue weighted by molar-refractivity contribution is 7.13. The molecule has 4 aromatic rings. The van der Waals surface area contributed by atoms with Crippen molar-refractivity contribution in [3.05, 3.63) is 59.4 Å². The van der Waals surface area contributed by atoms with Crippen molar-refractivity contribution in [1.82, 2.24) is 25.4 Å². The monoisotopic (exact) mass is 327 g/mol. The molecule has 0 radical (unpaired) electrons. The number of rotatable bonds is 4. The summed E-state index contributed by atoms with van der Waals surface area (Å²) in [6.45, 7) is 0.350. The SMILES string of the molecule is Fc1ccc(-c2nnn(Cc3cc(-c4cccs4)on3)n2)cc1. The molecule has 8 heteroatoms. The zero-order valence-corrected chi connectivity index (χ0v) is 12.6. The van der Waals surface area contributed by atoms with Gasteiger partial charge >= 0.3 is 0 Å². The molecule has 3 heterocycles. The number of hydrogen-bond donors (Lipinski definition) is 0. The number of nitrogens with zero attached hydrogens (tertiary/aromatic N) is 5. The summed E-state index contributed by atoms with van der Waals surface area (Å²) in [5.74, 6) is 0.852. The average Bonchev–Trinajstić information content (AvgIpc) is 3.29. The normalized spacial score (nSPS) is 11.0. The van der Waals surface area contributed by atoms with E-state index in [1.54, 1.807) is 23.5 Å². The van der Waals surface area contributed by atoms with Crippen molar-refractivity contribution in [2.75, 3.05) is 0 Å². The molecule has 0 fully saturated rings. The number of tetrazole rings is 1. The lowest BCUT2D eigenvalue weighted by molar-refractivity contribution is 0.416. The van der Waals surface area contributed by atoms with E-state index in [2.05, 4.69) is 20.6 Å². The lowest BCUT2D eigenvalue weighted by Gasteiger charge is -1.94. The Hall–Kier alpha value is -2.87. The lowest BCUT2D eigenvalue weighted by atomic mass is 10.2. The Morgan fingerprint density at radius 1 is 1.17 bits per heavy atom. The van der Waals surface area contributed by atoms with Crippen molar-refractivity contribution in [2.24, 2.45) is 0 Å². The van der Waals surface area contributed by atoms with E-state index in [0.29, 0.717) is 29.4 Å². The molecule has 3 aromatic heterocycles. The largest absolute Gasteiger partial charge is 0.355 e. The van der Waals surface area contributed by atoms with Gasteiger partial charge in [-0.1, -0.05) is 11.2 Å². The van der Waals surface area contributed by atoms with Crippen molar-refractivity contribution in [3.8, 4) is 22.0 Å². The molecule has 4 rings (SSSR count). The summed E-state index contributed by atoms with van der Waals surface area (Å²) < 4.78 is 18.2. The van der Waals surface area contributed by atoms with Crippen LogP contribution in [0.4, 0.5) is 4.39 Å². The van der Waals surface area contributed by atoms with Gasteiger partial charge in [0.1, 0.15) is 18.1 Å². The molecule has 6 nitrogen and oxygen atoms in total. The van der Waals surface area contributed by atoms with Crippen LogP contribution >= 0.6 is 11.3 Å². The van der Waals surface area contributed by atoms with Crippen LogP contribution in [-0.4, -0.2) is 25.4 Å². The van der Waals surface area contributed by atoms with Crippen molar-refractivity contribution < 1.29 is 8.91 Å². The Labute approximate surface area is 134 Å². The quantitative estimate of drug-likeness (QED) is 0.575. The maximum atomic E-state index is 12.9. The molecule has 0 N–H and O–H groups in total. The van der Waals surface area contributed by atoms with E-state index in [-0.39, 0.29) is 5.82 Å². The van der Waals surface area contributed by atoms with Crippen molar-refractivity contribution in [3.63, 3.8) is 0 Å². The summed E-state index contributed by atoms with van der Waals surface area (Å²) in [7, 11) is 0. The van der Waals surface area contributed by atoms with Crippen LogP contribution in [0.15, 0.2) is 52.4 Å². The fraction of sp³-hybridized carbons (Fsp3) is 0.0667. The molecule has 0 saturated heterocycles. The number of halogens is 1. The first-order valence-electron chi connectivity index (χ1n) is 6.81. The van der Waals surface area contributed by atoms with E-state index in [9.17, 15) is 4.39 Å². The molecular formula is C15H10FN5OS. The van der Waals surface area contributed by atoms with Crippen molar-refractivity contribution in [2.45, 2.75) is 6.54 Å². The molecule has 114 valence electrons. The van der Waals surface area contributed by atoms with Gasteiger partial charge in [-0.05, 0) is 40.9 Å². The minimum atomic E-state index is -0.301. The van der Waals surface area contributed by atoms with Gasteiger partial charge in [0.05, 0.1) is 4.88 Å². The average molecular weight is 327 g/mol. The Kier molecular flexibility index (Phi) is 3.43. The first-order valence-corrected chi connectivity index (χ1v) is 7.69. The van der Waals surface area contributed by atoms with E-state index in [1.807, 2.05) is 23.6 Å². The fourth-order valence-corrected chi connectivity index (χ4v) is 2.76. The standard InChI is InChI=1S/C15H10FN5OS/c16-11-5-3-10(4-6-11)15-17-20-21(18-15)9-12-8-13(22-19-12)14-2-1-7-23-14/h1-8H,9H2. The van der Waals surface area contributed by atoms with E-state index in [1.165, 1.54) is 16.9 Å². The fourth-order valence-electron chi connectivity index (χ4n) is 2.09. The highest BCUT2D eigenvalue weighted by Gasteiger charge is 2.11. The Balaban J connectivity index is 1.53. The van der Waals surface area contributed by atoms with Gasteiger partial charge in [-0.25, -0.2) is 4.39 Å². The van der Waals surface area contributed by atoms with Gasteiger partial charge in [0.15, 0.2) is 5.76 Å². The zero-order valence-electron chi connectivity index (χ0n) is 11.8. The second-order valence-electron chi connectivity index (χ2n) is 4.81. The predicted molar refractivity (Wildman–Crippen MR) is 82.1 cm³/mol. The molecule has 0 atom stereocenters. The number of aromatic nitrogens is 5. The van der Waals surface area contributed by atoms with E-state index < -0.39 is 0 Å². The van der Waals surface area contributed by atoms with E-state index >= 15 is 0 Å². The van der Waals surface area contributed by atoms with Crippen LogP contribution in [0.25, 0.3) is 22.0 Å². The van der Waals surface area contributed by atoms with Gasteiger partial charge in [-0.15, -0.1) is 21.5 Å². The smallest absolute Gasteiger partial charge is 0.204 e. The summed E-state index contributed by atoms with van der Waals surface area (Å²) >= 11 is 1.58. The van der Waals surface area contributed by atoms with Crippen LogP contribution in [0.1, 0.15) is 5.69 Å². The summed E-state index contributed by atoms with van der Waals surface area (Å²) in [6, 6.07) is 11.7. The molecule has 23 heavy (non-hydrogen) atoms. The molecule has 0 bridgehead atoms. The predicted octanol–water partition coefficient (Wildman–Crippen LogP) is 3.24. The van der Waals surface area contributed by atoms with Crippen molar-refractivity contribution in [1.29, 1.82) is 0 Å². The van der Waals surface area contributed by atoms with Gasteiger partial charge in [-0.3, -0.25) is 0 Å². The third-order valence-electron chi connectivity index (χ3n) is 3.18. The van der Waals surface area contributed by atoms with Crippen LogP contribution in [0, 0.1) is 5.82 Å². The minimum Gasteiger partial charge on any atom is -0.355 e. The van der Waals surface area contributed by atoms with Gasteiger partial charge in [0.25, 0.3) is 0 Å². The Morgan fingerprint density at radius 2 is 2.04 bits per heavy atom. The number of thiophene rings is 1. The second-order valence-corrected chi connectivity index (χ2v) is 5.76. The van der Waals surface area contributed by atoms with Gasteiger partial charge in [-0.2, -0.15) is 4.80 Å². The van der Waals surface area contributed by atoms with Crippen LogP contribution < -0.4 is 0 Å². The zero-order chi connectivity index (χ0) is 15.6. The molecule has 0 unspecified atom stereocenters. The Morgan fingerprint density at radius 3 is 2.83 bits per heavy atom. The van der Waals surface area contributed by atoms with Gasteiger partial charge in [0.2, 0.25) is 5.82 Å². The first kappa shape index (κ1) is 13.8. The van der Waals surface area contributed by atoms with E-state index in [4.69, 9.17) is 4.52 Å². The minimum absolute atomic E-state index is 0.301. The maximum absolute atomic E-state index is 12.9. The third-order valence-corrected chi connectivity index (χ3v) is 4.07. The third kappa shape index (κ3) is 2.88. The highest BCUT2D eigenvalue weighted by atomic mass is 32.1. The topological polar surface area (TPSA) is 69.6 Å². The molecule has 0 aliphatic heterocycles. The number of benzene rings is 1.